The number of carbonyl (C=O) groups is 1. The molecule has 3 fully saturated rings. The molecule has 0 heterocycles. The van der Waals surface area contributed by atoms with Crippen molar-refractivity contribution in [2.45, 2.75) is 71.9 Å². The highest BCUT2D eigenvalue weighted by Crippen LogP contribution is 2.62. The van der Waals surface area contributed by atoms with Gasteiger partial charge in [-0.3, -0.25) is 0 Å². The van der Waals surface area contributed by atoms with Gasteiger partial charge in [0, 0.05) is 12.6 Å². The molecular weight excluding hydrogens is 264 g/mol. The zero-order valence-electron chi connectivity index (χ0n) is 14.2. The van der Waals surface area contributed by atoms with Crippen LogP contribution in [0.1, 0.15) is 60.3 Å². The summed E-state index contributed by atoms with van der Waals surface area (Å²) >= 11 is 0. The number of carbonyl (C=O) groups excluding carboxylic acids is 1. The van der Waals surface area contributed by atoms with Gasteiger partial charge in [0.05, 0.1) is 0 Å². The summed E-state index contributed by atoms with van der Waals surface area (Å²) in [5.41, 5.74) is 6.26. The Morgan fingerprint density at radius 2 is 2.05 bits per heavy atom. The Kier molecular flexibility index (Phi) is 4.57. The lowest BCUT2D eigenvalue weighted by Crippen LogP contribution is -2.53. The van der Waals surface area contributed by atoms with Crippen LogP contribution in [0.3, 0.4) is 0 Å². The lowest BCUT2D eigenvalue weighted by molar-refractivity contribution is -0.108. The number of rotatable bonds is 4. The van der Waals surface area contributed by atoms with Gasteiger partial charge in [0.2, 0.25) is 0 Å². The van der Waals surface area contributed by atoms with Crippen molar-refractivity contribution in [1.29, 1.82) is 0 Å². The molecular formula is C17H32N2O2. The van der Waals surface area contributed by atoms with E-state index >= 15 is 0 Å². The van der Waals surface area contributed by atoms with E-state index in [2.05, 4.69) is 19.2 Å². The maximum Gasteiger partial charge on any atom is 0.407 e. The van der Waals surface area contributed by atoms with Crippen molar-refractivity contribution in [1.82, 2.24) is 5.32 Å². The van der Waals surface area contributed by atoms with Crippen LogP contribution in [0.5, 0.6) is 0 Å². The lowest BCUT2D eigenvalue weighted by atomic mass is 9.45. The number of ether oxygens (including phenoxy) is 1. The third-order valence-electron chi connectivity index (χ3n) is 5.51. The number of hydrogen-bond acceptors (Lipinski definition) is 3. The Labute approximate surface area is 129 Å². The molecule has 4 unspecified atom stereocenters. The maximum absolute atomic E-state index is 11.6. The fourth-order valence-corrected chi connectivity index (χ4v) is 4.25. The lowest BCUT2D eigenvalue weighted by Gasteiger charge is -2.60. The predicted molar refractivity (Wildman–Crippen MR) is 84.9 cm³/mol. The van der Waals surface area contributed by atoms with Crippen molar-refractivity contribution >= 4 is 6.09 Å². The molecule has 21 heavy (non-hydrogen) atoms. The maximum atomic E-state index is 11.6. The number of hydrogen-bond donors (Lipinski definition) is 2. The van der Waals surface area contributed by atoms with Crippen LogP contribution in [0.2, 0.25) is 0 Å². The van der Waals surface area contributed by atoms with Crippen LogP contribution in [0.25, 0.3) is 0 Å². The molecule has 0 aromatic rings. The first-order valence-corrected chi connectivity index (χ1v) is 8.32. The van der Waals surface area contributed by atoms with Crippen LogP contribution in [-0.4, -0.2) is 24.3 Å². The van der Waals surface area contributed by atoms with E-state index in [0.717, 1.165) is 24.2 Å². The number of amides is 1. The van der Waals surface area contributed by atoms with Gasteiger partial charge in [0.25, 0.3) is 0 Å². The average molecular weight is 296 g/mol. The van der Waals surface area contributed by atoms with Crippen molar-refractivity contribution in [3.63, 3.8) is 0 Å². The van der Waals surface area contributed by atoms with Crippen LogP contribution >= 0.6 is 0 Å². The molecule has 3 saturated carbocycles. The molecule has 3 rings (SSSR count). The van der Waals surface area contributed by atoms with E-state index in [1.165, 1.54) is 19.3 Å². The minimum absolute atomic E-state index is 0.0236. The third-order valence-corrected chi connectivity index (χ3v) is 5.51. The molecule has 1 amide bonds. The minimum atomic E-state index is -0.456. The van der Waals surface area contributed by atoms with Gasteiger partial charge in [-0.1, -0.05) is 13.8 Å². The van der Waals surface area contributed by atoms with Crippen molar-refractivity contribution in [2.75, 3.05) is 6.54 Å². The smallest absolute Gasteiger partial charge is 0.407 e. The monoisotopic (exact) mass is 296 g/mol. The molecule has 0 aliphatic heterocycles. The normalized spacial score (nSPS) is 32.0. The van der Waals surface area contributed by atoms with Crippen LogP contribution in [0, 0.1) is 23.2 Å². The molecule has 4 nitrogen and oxygen atoms in total. The SMILES string of the molecule is CC(C)(C)OC(=O)NCC(N)CC1CCC2CC1C2(C)C. The van der Waals surface area contributed by atoms with E-state index in [-0.39, 0.29) is 12.1 Å². The van der Waals surface area contributed by atoms with Gasteiger partial charge in [-0.2, -0.15) is 0 Å². The molecule has 0 radical (unpaired) electrons. The Morgan fingerprint density at radius 1 is 1.38 bits per heavy atom. The summed E-state index contributed by atoms with van der Waals surface area (Å²) in [6.45, 7) is 10.9. The fraction of sp³-hybridized carbons (Fsp3) is 0.941. The van der Waals surface area contributed by atoms with Crippen LogP contribution in [0.4, 0.5) is 4.79 Å². The molecule has 2 bridgehead atoms. The molecule has 0 aromatic heterocycles. The summed E-state index contributed by atoms with van der Waals surface area (Å²) < 4.78 is 5.23. The average Bonchev–Trinajstić information content (AvgIpc) is 2.34. The summed E-state index contributed by atoms with van der Waals surface area (Å²) in [6, 6.07) is 0.0236. The van der Waals surface area contributed by atoms with Crippen molar-refractivity contribution in [3.05, 3.63) is 0 Å². The van der Waals surface area contributed by atoms with Crippen LogP contribution < -0.4 is 11.1 Å². The molecule has 4 atom stereocenters. The molecule has 122 valence electrons. The summed E-state index contributed by atoms with van der Waals surface area (Å²) in [5.74, 6) is 2.47. The highest BCUT2D eigenvalue weighted by Gasteiger charge is 2.53. The quantitative estimate of drug-likeness (QED) is 0.836. The Balaban J connectivity index is 1.73. The number of nitrogens with one attached hydrogen (secondary N) is 1. The van der Waals surface area contributed by atoms with E-state index < -0.39 is 5.60 Å². The van der Waals surface area contributed by atoms with Crippen molar-refractivity contribution < 1.29 is 9.53 Å². The predicted octanol–water partition coefficient (Wildman–Crippen LogP) is 3.30. The zero-order chi connectivity index (χ0) is 15.8. The highest BCUT2D eigenvalue weighted by molar-refractivity contribution is 5.67. The highest BCUT2D eigenvalue weighted by atomic mass is 16.6. The Bertz CT molecular complexity index is 385. The van der Waals surface area contributed by atoms with E-state index in [1.807, 2.05) is 20.8 Å². The Hall–Kier alpha value is -0.770. The zero-order valence-corrected chi connectivity index (χ0v) is 14.2. The molecule has 3 aliphatic carbocycles. The molecule has 3 aliphatic rings. The van der Waals surface area contributed by atoms with Gasteiger partial charge < -0.3 is 15.8 Å². The van der Waals surface area contributed by atoms with E-state index in [0.29, 0.717) is 12.0 Å². The third kappa shape index (κ3) is 3.91. The second-order valence-electron chi connectivity index (χ2n) is 8.58. The first kappa shape index (κ1) is 16.6. The Morgan fingerprint density at radius 3 is 2.57 bits per heavy atom. The van der Waals surface area contributed by atoms with Gasteiger partial charge in [0.1, 0.15) is 5.60 Å². The van der Waals surface area contributed by atoms with Gasteiger partial charge >= 0.3 is 6.09 Å². The number of fused-ring (bicyclic) bond motifs is 2. The van der Waals surface area contributed by atoms with Gasteiger partial charge in [-0.05, 0) is 69.6 Å². The molecule has 0 spiro atoms. The summed E-state index contributed by atoms with van der Waals surface area (Å²) in [7, 11) is 0. The van der Waals surface area contributed by atoms with Gasteiger partial charge in [-0.15, -0.1) is 0 Å². The summed E-state index contributed by atoms with van der Waals surface area (Å²) in [5, 5.41) is 2.79. The van der Waals surface area contributed by atoms with Crippen LogP contribution in [-0.2, 0) is 4.74 Å². The molecule has 3 N–H and O–H groups in total. The number of alkyl carbamates (subject to hydrolysis) is 1. The molecule has 4 heteroatoms. The second-order valence-corrected chi connectivity index (χ2v) is 8.58. The van der Waals surface area contributed by atoms with E-state index in [1.54, 1.807) is 0 Å². The first-order chi connectivity index (χ1) is 9.59. The van der Waals surface area contributed by atoms with Crippen molar-refractivity contribution in [2.24, 2.45) is 28.9 Å². The minimum Gasteiger partial charge on any atom is -0.444 e. The second kappa shape index (κ2) is 5.79. The van der Waals surface area contributed by atoms with E-state index in [4.69, 9.17) is 10.5 Å². The number of nitrogens with two attached hydrogens (primary N) is 1. The summed E-state index contributed by atoms with van der Waals surface area (Å²) in [4.78, 5) is 11.6. The van der Waals surface area contributed by atoms with E-state index in [9.17, 15) is 4.79 Å². The fourth-order valence-electron chi connectivity index (χ4n) is 4.25. The first-order valence-electron chi connectivity index (χ1n) is 8.32. The van der Waals surface area contributed by atoms with Gasteiger partial charge in [-0.25, -0.2) is 4.79 Å². The summed E-state index contributed by atoms with van der Waals surface area (Å²) in [6.07, 6.45) is 4.67. The molecule has 0 aromatic carbocycles. The standard InChI is InChI=1S/C17H32N2O2/c1-16(2,3)21-15(20)19-10-13(18)8-11-6-7-12-9-14(11)17(12,4)5/h11-14H,6-10,18H2,1-5H3,(H,19,20). The topological polar surface area (TPSA) is 64.3 Å². The van der Waals surface area contributed by atoms with Gasteiger partial charge in [0.15, 0.2) is 0 Å². The van der Waals surface area contributed by atoms with Crippen LogP contribution in [0.15, 0.2) is 0 Å². The molecule has 0 saturated heterocycles. The largest absolute Gasteiger partial charge is 0.444 e. The van der Waals surface area contributed by atoms with Crippen molar-refractivity contribution in [3.8, 4) is 0 Å².